The summed E-state index contributed by atoms with van der Waals surface area (Å²) in [6, 6.07) is 24.6. The summed E-state index contributed by atoms with van der Waals surface area (Å²) >= 11 is 17.5. The number of fused-ring (bicyclic) bond motifs is 4. The molecule has 0 fully saturated rings. The molecule has 0 amide bonds. The van der Waals surface area contributed by atoms with Crippen molar-refractivity contribution in [2.45, 2.75) is 61.6 Å². The van der Waals surface area contributed by atoms with E-state index in [9.17, 15) is 51.9 Å². The molecule has 9 rings (SSSR count). The number of anilines is 2. The normalized spacial score (nSPS) is 17.9. The highest BCUT2D eigenvalue weighted by molar-refractivity contribution is 8.04. The Hall–Kier alpha value is -4.12. The lowest BCUT2D eigenvalue weighted by atomic mass is 9.75. The quantitative estimate of drug-likeness (QED) is 0.0772. The number of thiazole rings is 2. The SMILES string of the molecule is CC1(C)CC(/C=C2\Sc3ccccc3N2CS(=O)(=O)[O-])=CC(=C/c2sc3ccccc3[n+]2CS(=O)(=O)[O-])/C1.CCC(=Cc1sc2cc(Cl)ccc2[n+]1CS(=O)(=O)[O-])C=C1Sc2cc(Cl)ccc2N1CS(=O)(=O)[O-]. The first-order valence-electron chi connectivity index (χ1n) is 21.7. The Morgan fingerprint density at radius 2 is 1.21 bits per heavy atom. The second-order valence-electron chi connectivity index (χ2n) is 17.7. The topological polar surface area (TPSA) is 243 Å². The maximum absolute atomic E-state index is 11.7. The van der Waals surface area contributed by atoms with Crippen LogP contribution in [-0.2, 0) is 52.2 Å². The molecule has 1 aliphatic carbocycles. The maximum Gasteiger partial charge on any atom is 0.263 e. The highest BCUT2D eigenvalue weighted by atomic mass is 35.5. The third-order valence-corrected chi connectivity index (χ3v) is 18.4. The minimum absolute atomic E-state index is 0.134. The summed E-state index contributed by atoms with van der Waals surface area (Å²) < 4.78 is 144. The molecule has 16 nitrogen and oxygen atoms in total. The number of hydrogen-bond acceptors (Lipinski definition) is 18. The molecule has 26 heteroatoms. The lowest BCUT2D eigenvalue weighted by Gasteiger charge is -2.31. The fourth-order valence-electron chi connectivity index (χ4n) is 8.43. The lowest BCUT2D eigenvalue weighted by molar-refractivity contribution is -0.649. The zero-order valence-electron chi connectivity index (χ0n) is 38.6. The van der Waals surface area contributed by atoms with Crippen molar-refractivity contribution < 1.29 is 61.0 Å². The minimum atomic E-state index is -4.59. The number of halogens is 2. The van der Waals surface area contributed by atoms with Crippen LogP contribution in [0.15, 0.2) is 140 Å². The molecule has 0 atom stereocenters. The third-order valence-electron chi connectivity index (χ3n) is 11.2. The van der Waals surface area contributed by atoms with E-state index in [4.69, 9.17) is 23.2 Å². The van der Waals surface area contributed by atoms with E-state index in [1.807, 2.05) is 49.4 Å². The van der Waals surface area contributed by atoms with Gasteiger partial charge in [0.1, 0.15) is 41.4 Å². The molecule has 386 valence electrons. The van der Waals surface area contributed by atoms with E-state index in [0.717, 1.165) is 39.2 Å². The molecule has 4 aromatic carbocycles. The molecule has 2 aromatic heterocycles. The van der Waals surface area contributed by atoms with Gasteiger partial charge in [0.2, 0.25) is 22.8 Å². The molecule has 0 spiro atoms. The van der Waals surface area contributed by atoms with Gasteiger partial charge in [-0.3, -0.25) is 0 Å². The zero-order chi connectivity index (χ0) is 52.8. The summed E-state index contributed by atoms with van der Waals surface area (Å²) in [5.41, 5.74) is 4.95. The average Bonchev–Trinajstić information content (AvgIpc) is 3.98. The smallest absolute Gasteiger partial charge is 0.263 e. The predicted molar refractivity (Wildman–Crippen MR) is 286 cm³/mol. The molecule has 2 aliphatic heterocycles. The highest BCUT2D eigenvalue weighted by Gasteiger charge is 2.32. The van der Waals surface area contributed by atoms with E-state index in [1.54, 1.807) is 72.8 Å². The van der Waals surface area contributed by atoms with E-state index >= 15 is 0 Å². The summed E-state index contributed by atoms with van der Waals surface area (Å²) in [6.07, 6.45) is 11.3. The summed E-state index contributed by atoms with van der Waals surface area (Å²) in [5.74, 6) is -2.83. The maximum atomic E-state index is 11.7. The summed E-state index contributed by atoms with van der Waals surface area (Å²) in [4.78, 5) is 4.52. The molecular weight excluding hydrogens is 1140 g/mol. The highest BCUT2D eigenvalue weighted by Crippen LogP contribution is 2.49. The number of aromatic nitrogens is 2. The molecule has 0 N–H and O–H groups in total. The summed E-state index contributed by atoms with van der Waals surface area (Å²) in [7, 11) is -18.2. The van der Waals surface area contributed by atoms with Crippen LogP contribution in [0.5, 0.6) is 0 Å². The zero-order valence-corrected chi connectivity index (χ0v) is 46.7. The fourth-order valence-corrected chi connectivity index (χ4v) is 16.2. The summed E-state index contributed by atoms with van der Waals surface area (Å²) in [6.45, 7) is 6.13. The molecule has 0 bridgehead atoms. The van der Waals surface area contributed by atoms with Crippen molar-refractivity contribution in [3.05, 3.63) is 150 Å². The van der Waals surface area contributed by atoms with Crippen molar-refractivity contribution in [1.29, 1.82) is 0 Å². The van der Waals surface area contributed by atoms with Gasteiger partial charge >= 0.3 is 0 Å². The Bertz CT molecular complexity index is 3830. The second-order valence-corrected chi connectivity index (χ2v) is 28.3. The van der Waals surface area contributed by atoms with Crippen LogP contribution in [-0.4, -0.2) is 63.6 Å². The van der Waals surface area contributed by atoms with Crippen molar-refractivity contribution in [2.24, 2.45) is 5.41 Å². The van der Waals surface area contributed by atoms with Gasteiger partial charge in [0.15, 0.2) is 20.2 Å². The number of allylic oxidation sites excluding steroid dienone is 6. The van der Waals surface area contributed by atoms with E-state index in [2.05, 4.69) is 13.8 Å². The van der Waals surface area contributed by atoms with Gasteiger partial charge in [0.05, 0.1) is 21.4 Å². The van der Waals surface area contributed by atoms with Crippen molar-refractivity contribution in [3.63, 3.8) is 0 Å². The third kappa shape index (κ3) is 14.2. The van der Waals surface area contributed by atoms with Crippen LogP contribution in [0.3, 0.4) is 0 Å². The largest absolute Gasteiger partial charge is 0.747 e. The van der Waals surface area contributed by atoms with Gasteiger partial charge in [0.25, 0.3) is 10.0 Å². The van der Waals surface area contributed by atoms with Gasteiger partial charge in [0, 0.05) is 44.1 Å². The van der Waals surface area contributed by atoms with E-state index < -0.39 is 64.0 Å². The van der Waals surface area contributed by atoms with Crippen LogP contribution in [0.25, 0.3) is 32.6 Å². The van der Waals surface area contributed by atoms with Crippen molar-refractivity contribution >= 4 is 154 Å². The standard InChI is InChI=1S/C26H26N2O6S4.C21H18Cl2N2O6S4/c1-26(2)14-18(12-24-27(16-37(29,30)31)20-7-3-5-9-22(20)35-24)11-19(15-26)13-25-28(17-38(32,33)34)21-8-4-6-10-23(21)36-25;1-2-13(7-20-24(11-34(26,27)28)16-5-3-14(22)9-18(16)32-20)8-21-25(12-35(29,30)31)17-6-4-15(23)10-19(17)33-21/h3-13H,14-17H2,1-2H3,(H-,29,30,31,32,33,34);3-10H,2,11-12H2,1H3,(H-,26,27,28,29,30,31)/p-2. The van der Waals surface area contributed by atoms with Gasteiger partial charge in [-0.05, 0) is 102 Å². The Kier molecular flexibility index (Phi) is 16.2. The van der Waals surface area contributed by atoms with Crippen LogP contribution in [0, 0.1) is 5.41 Å². The molecule has 0 radical (unpaired) electrons. The first-order valence-corrected chi connectivity index (χ1v) is 32.0. The van der Waals surface area contributed by atoms with Crippen molar-refractivity contribution in [3.8, 4) is 0 Å². The number of thioether (sulfide) groups is 2. The molecule has 0 saturated heterocycles. The van der Waals surface area contributed by atoms with Gasteiger partial charge in [-0.2, -0.15) is 9.13 Å². The Morgan fingerprint density at radius 3 is 1.88 bits per heavy atom. The summed E-state index contributed by atoms with van der Waals surface area (Å²) in [5, 5.41) is 3.26. The van der Waals surface area contributed by atoms with Crippen LogP contribution in [0.4, 0.5) is 11.4 Å². The lowest BCUT2D eigenvalue weighted by Crippen LogP contribution is -2.39. The van der Waals surface area contributed by atoms with E-state index in [-0.39, 0.29) is 5.41 Å². The van der Waals surface area contributed by atoms with Crippen LogP contribution < -0.4 is 18.9 Å². The number of para-hydroxylation sites is 2. The molecule has 73 heavy (non-hydrogen) atoms. The second kappa shape index (κ2) is 21.5. The van der Waals surface area contributed by atoms with Gasteiger partial charge in [-0.1, -0.05) is 121 Å². The molecule has 0 saturated carbocycles. The molecule has 4 heterocycles. The van der Waals surface area contributed by atoms with E-state index in [1.165, 1.54) is 65.1 Å². The Morgan fingerprint density at radius 1 is 0.644 bits per heavy atom. The number of rotatable bonds is 13. The Balaban J connectivity index is 0.000000196. The molecular formula is C47H42Cl2N4O12S8-2. The van der Waals surface area contributed by atoms with Crippen molar-refractivity contribution in [1.82, 2.24) is 0 Å². The number of hydrogen-bond donors (Lipinski definition) is 0. The predicted octanol–water partition coefficient (Wildman–Crippen LogP) is 9.53. The van der Waals surface area contributed by atoms with Gasteiger partial charge in [-0.25, -0.2) is 33.7 Å². The van der Waals surface area contributed by atoms with Crippen LogP contribution >= 0.6 is 69.4 Å². The van der Waals surface area contributed by atoms with Crippen LogP contribution in [0.2, 0.25) is 10.0 Å². The number of benzene rings is 4. The first-order chi connectivity index (χ1) is 34.1. The number of nitrogens with zero attached hydrogens (tertiary/aromatic N) is 4. The average molecular weight is 1180 g/mol. The van der Waals surface area contributed by atoms with Gasteiger partial charge in [-0.15, -0.1) is 0 Å². The molecule has 0 unspecified atom stereocenters. The molecule has 6 aromatic rings. The van der Waals surface area contributed by atoms with E-state index in [0.29, 0.717) is 68.5 Å². The molecule has 3 aliphatic rings. The minimum Gasteiger partial charge on any atom is -0.747 e. The van der Waals surface area contributed by atoms with Gasteiger partial charge < -0.3 is 28.0 Å². The van der Waals surface area contributed by atoms with Crippen molar-refractivity contribution in [2.75, 3.05) is 21.6 Å². The monoisotopic (exact) mass is 1180 g/mol. The Labute approximate surface area is 449 Å². The first kappa shape index (κ1) is 55.1. The fraction of sp³-hybridized carbons (Fsp3) is 0.234. The van der Waals surface area contributed by atoms with Crippen LogP contribution in [0.1, 0.15) is 50.0 Å².